The molecule has 0 bridgehead atoms. The van der Waals surface area contributed by atoms with E-state index in [1.54, 1.807) is 40.2 Å². The molecule has 4 aromatic rings. The first-order valence-electron chi connectivity index (χ1n) is 7.81. The van der Waals surface area contributed by atoms with Crippen molar-refractivity contribution in [1.82, 2.24) is 9.38 Å². The average molecular weight is 386 g/mol. The van der Waals surface area contributed by atoms with Crippen molar-refractivity contribution in [3.05, 3.63) is 76.1 Å². The Bertz CT molecular complexity index is 1120. The topological polar surface area (TPSA) is 46.4 Å². The van der Waals surface area contributed by atoms with E-state index in [-0.39, 0.29) is 11.7 Å². The average Bonchev–Trinajstić information content (AvgIpc) is 3.19. The highest BCUT2D eigenvalue weighted by Gasteiger charge is 2.16. The van der Waals surface area contributed by atoms with Crippen LogP contribution >= 0.6 is 22.9 Å². The van der Waals surface area contributed by atoms with Crippen molar-refractivity contribution in [1.29, 1.82) is 0 Å². The standard InChI is InChI=1S/C19H13ClFN3OS/c1-11-2-7-14(8-15(11)20)22-18(25)17-10-26-19-23-16(9-24(17)19)12-3-5-13(21)6-4-12/h2-10H,1H3,(H,22,25). The Hall–Kier alpha value is -2.70. The van der Waals surface area contributed by atoms with Gasteiger partial charge < -0.3 is 5.32 Å². The number of carbonyl (C=O) groups excluding carboxylic acids is 1. The van der Waals surface area contributed by atoms with Crippen molar-refractivity contribution in [2.75, 3.05) is 5.32 Å². The number of hydrogen-bond donors (Lipinski definition) is 1. The lowest BCUT2D eigenvalue weighted by molar-refractivity contribution is 0.102. The third-order valence-electron chi connectivity index (χ3n) is 4.01. The van der Waals surface area contributed by atoms with Crippen LogP contribution in [0.4, 0.5) is 10.1 Å². The predicted octanol–water partition coefficient (Wildman–Crippen LogP) is 5.42. The van der Waals surface area contributed by atoms with Gasteiger partial charge in [-0.1, -0.05) is 17.7 Å². The summed E-state index contributed by atoms with van der Waals surface area (Å²) in [5, 5.41) is 5.19. The Morgan fingerprint density at radius 1 is 1.23 bits per heavy atom. The number of nitrogens with zero attached hydrogens (tertiary/aromatic N) is 2. The molecule has 0 fully saturated rings. The van der Waals surface area contributed by atoms with Gasteiger partial charge in [0.2, 0.25) is 0 Å². The Labute approximate surface area is 157 Å². The maximum atomic E-state index is 13.1. The molecule has 26 heavy (non-hydrogen) atoms. The van der Waals surface area contributed by atoms with E-state index in [4.69, 9.17) is 11.6 Å². The van der Waals surface area contributed by atoms with E-state index in [0.717, 1.165) is 11.1 Å². The summed E-state index contributed by atoms with van der Waals surface area (Å²) in [6.45, 7) is 1.90. The number of aromatic nitrogens is 2. The summed E-state index contributed by atoms with van der Waals surface area (Å²) >= 11 is 7.48. The molecule has 4 rings (SSSR count). The molecule has 0 saturated heterocycles. The summed E-state index contributed by atoms with van der Waals surface area (Å²) in [5.41, 5.74) is 3.52. The minimum Gasteiger partial charge on any atom is -0.321 e. The monoisotopic (exact) mass is 385 g/mol. The zero-order valence-electron chi connectivity index (χ0n) is 13.7. The number of halogens is 2. The van der Waals surface area contributed by atoms with Gasteiger partial charge in [0.1, 0.15) is 11.5 Å². The van der Waals surface area contributed by atoms with Gasteiger partial charge in [0, 0.05) is 27.9 Å². The molecule has 0 saturated carbocycles. The van der Waals surface area contributed by atoms with Crippen molar-refractivity contribution in [2.24, 2.45) is 0 Å². The van der Waals surface area contributed by atoms with Crippen LogP contribution in [-0.4, -0.2) is 15.3 Å². The van der Waals surface area contributed by atoms with Crippen molar-refractivity contribution in [2.45, 2.75) is 6.92 Å². The van der Waals surface area contributed by atoms with Crippen LogP contribution in [0.25, 0.3) is 16.2 Å². The molecule has 0 aliphatic rings. The minimum atomic E-state index is -0.299. The molecule has 1 N–H and O–H groups in total. The van der Waals surface area contributed by atoms with Crippen LogP contribution in [0.5, 0.6) is 0 Å². The third-order valence-corrected chi connectivity index (χ3v) is 5.26. The number of fused-ring (bicyclic) bond motifs is 1. The number of carbonyl (C=O) groups is 1. The van der Waals surface area contributed by atoms with Crippen LogP contribution in [0.3, 0.4) is 0 Å². The van der Waals surface area contributed by atoms with E-state index in [0.29, 0.717) is 27.1 Å². The van der Waals surface area contributed by atoms with Crippen molar-refractivity contribution in [3.63, 3.8) is 0 Å². The number of thiazole rings is 1. The van der Waals surface area contributed by atoms with E-state index >= 15 is 0 Å². The maximum Gasteiger partial charge on any atom is 0.273 e. The SMILES string of the molecule is Cc1ccc(NC(=O)c2csc3nc(-c4ccc(F)cc4)cn23)cc1Cl. The minimum absolute atomic E-state index is 0.251. The highest BCUT2D eigenvalue weighted by Crippen LogP contribution is 2.25. The quantitative estimate of drug-likeness (QED) is 0.512. The van der Waals surface area contributed by atoms with Crippen molar-refractivity contribution in [3.8, 4) is 11.3 Å². The van der Waals surface area contributed by atoms with Gasteiger partial charge in [0.05, 0.1) is 5.69 Å². The van der Waals surface area contributed by atoms with Crippen molar-refractivity contribution < 1.29 is 9.18 Å². The van der Waals surface area contributed by atoms with Gasteiger partial charge in [0.15, 0.2) is 4.96 Å². The van der Waals surface area contributed by atoms with E-state index in [1.807, 2.05) is 13.0 Å². The van der Waals surface area contributed by atoms with Crippen LogP contribution < -0.4 is 5.32 Å². The second-order valence-corrected chi connectivity index (χ2v) is 7.07. The van der Waals surface area contributed by atoms with Crippen LogP contribution in [0, 0.1) is 12.7 Å². The molecule has 0 unspecified atom stereocenters. The smallest absolute Gasteiger partial charge is 0.273 e. The first kappa shape index (κ1) is 16.8. The second-order valence-electron chi connectivity index (χ2n) is 5.82. The predicted molar refractivity (Wildman–Crippen MR) is 103 cm³/mol. The summed E-state index contributed by atoms with van der Waals surface area (Å²) in [6.07, 6.45) is 1.77. The van der Waals surface area contributed by atoms with E-state index in [1.165, 1.54) is 23.5 Å². The summed E-state index contributed by atoms with van der Waals surface area (Å²) in [6, 6.07) is 11.5. The molecule has 0 atom stereocenters. The van der Waals surface area contributed by atoms with Gasteiger partial charge in [-0.2, -0.15) is 0 Å². The number of anilines is 1. The highest BCUT2D eigenvalue weighted by atomic mass is 35.5. The molecule has 0 spiro atoms. The lowest BCUT2D eigenvalue weighted by Crippen LogP contribution is -2.13. The molecule has 7 heteroatoms. The van der Waals surface area contributed by atoms with Crippen LogP contribution in [0.1, 0.15) is 16.1 Å². The number of hydrogen-bond acceptors (Lipinski definition) is 3. The normalized spacial score (nSPS) is 11.0. The van der Waals surface area contributed by atoms with Gasteiger partial charge in [-0.3, -0.25) is 9.20 Å². The molecule has 130 valence electrons. The van der Waals surface area contributed by atoms with Crippen LogP contribution in [0.2, 0.25) is 5.02 Å². The lowest BCUT2D eigenvalue weighted by Gasteiger charge is -2.06. The van der Waals surface area contributed by atoms with E-state index < -0.39 is 0 Å². The molecule has 2 aromatic carbocycles. The second kappa shape index (κ2) is 6.55. The molecule has 2 aromatic heterocycles. The largest absolute Gasteiger partial charge is 0.321 e. The number of amides is 1. The summed E-state index contributed by atoms with van der Waals surface area (Å²) < 4.78 is 14.8. The zero-order chi connectivity index (χ0) is 18.3. The van der Waals surface area contributed by atoms with Gasteiger partial charge in [-0.05, 0) is 48.9 Å². The number of nitrogens with one attached hydrogen (secondary N) is 1. The van der Waals surface area contributed by atoms with Gasteiger partial charge in [-0.15, -0.1) is 11.3 Å². The number of benzene rings is 2. The molecular weight excluding hydrogens is 373 g/mol. The van der Waals surface area contributed by atoms with Crippen LogP contribution in [-0.2, 0) is 0 Å². The molecule has 0 radical (unpaired) electrons. The number of rotatable bonds is 3. The van der Waals surface area contributed by atoms with Gasteiger partial charge in [-0.25, -0.2) is 9.37 Å². The fourth-order valence-corrected chi connectivity index (χ4v) is 3.61. The Balaban J connectivity index is 1.64. The van der Waals surface area contributed by atoms with Gasteiger partial charge in [0.25, 0.3) is 5.91 Å². The Morgan fingerprint density at radius 3 is 2.73 bits per heavy atom. The fraction of sp³-hybridized carbons (Fsp3) is 0.0526. The van der Waals surface area contributed by atoms with E-state index in [2.05, 4.69) is 10.3 Å². The zero-order valence-corrected chi connectivity index (χ0v) is 15.2. The molecule has 0 aliphatic heterocycles. The molecule has 4 nitrogen and oxygen atoms in total. The van der Waals surface area contributed by atoms with Crippen molar-refractivity contribution >= 4 is 39.5 Å². The number of imidazole rings is 1. The first-order chi connectivity index (χ1) is 12.5. The summed E-state index contributed by atoms with van der Waals surface area (Å²) in [7, 11) is 0. The van der Waals surface area contributed by atoms with Gasteiger partial charge >= 0.3 is 0 Å². The molecule has 2 heterocycles. The maximum absolute atomic E-state index is 13.1. The summed E-state index contributed by atoms with van der Waals surface area (Å²) in [5.74, 6) is -0.550. The Kier molecular flexibility index (Phi) is 4.22. The number of aryl methyl sites for hydroxylation is 1. The van der Waals surface area contributed by atoms with Crippen LogP contribution in [0.15, 0.2) is 54.0 Å². The summed E-state index contributed by atoms with van der Waals surface area (Å²) in [4.78, 5) is 17.8. The van der Waals surface area contributed by atoms with E-state index in [9.17, 15) is 9.18 Å². The highest BCUT2D eigenvalue weighted by molar-refractivity contribution is 7.15. The molecular formula is C19H13ClFN3OS. The fourth-order valence-electron chi connectivity index (χ4n) is 2.57. The Morgan fingerprint density at radius 2 is 2.00 bits per heavy atom. The first-order valence-corrected chi connectivity index (χ1v) is 9.07. The molecule has 1 amide bonds. The third kappa shape index (κ3) is 3.09. The molecule has 0 aliphatic carbocycles. The lowest BCUT2D eigenvalue weighted by atomic mass is 10.2.